The van der Waals surface area contributed by atoms with E-state index < -0.39 is 36.2 Å². The summed E-state index contributed by atoms with van der Waals surface area (Å²) in [5, 5.41) is 9.05. The summed E-state index contributed by atoms with van der Waals surface area (Å²) in [7, 11) is 0. The molecule has 1 N–H and O–H groups in total. The van der Waals surface area contributed by atoms with E-state index in [1.807, 2.05) is 60.7 Å². The third kappa shape index (κ3) is 5.52. The molecule has 2 aromatic carbocycles. The van der Waals surface area contributed by atoms with Crippen LogP contribution in [-0.4, -0.2) is 46.5 Å². The molecule has 0 aromatic heterocycles. The second kappa shape index (κ2) is 11.1. The Bertz CT molecular complexity index is 1110. The highest BCUT2D eigenvalue weighted by Gasteiger charge is 2.48. The maximum atomic E-state index is 13.9. The lowest BCUT2D eigenvalue weighted by Gasteiger charge is -2.31. The monoisotopic (exact) mass is 475 g/mol. The Morgan fingerprint density at radius 2 is 1.71 bits per heavy atom. The topological polar surface area (TPSA) is 93.1 Å². The normalized spacial score (nSPS) is 23.8. The largest absolute Gasteiger partial charge is 0.482 e. The summed E-state index contributed by atoms with van der Waals surface area (Å²) in [6.45, 7) is 1.81. The van der Waals surface area contributed by atoms with E-state index in [0.717, 1.165) is 16.0 Å². The Hall–Kier alpha value is -3.71. The van der Waals surface area contributed by atoms with Gasteiger partial charge in [-0.1, -0.05) is 60.7 Å². The first kappa shape index (κ1) is 24.4. The molecule has 7 heteroatoms. The van der Waals surface area contributed by atoms with Gasteiger partial charge in [0.1, 0.15) is 11.9 Å². The quantitative estimate of drug-likeness (QED) is 0.577. The molecule has 0 unspecified atom stereocenters. The summed E-state index contributed by atoms with van der Waals surface area (Å²) in [4.78, 5) is 40.8. The number of hydrogen-bond donors (Lipinski definition) is 1. The molecular formula is C28H29NO6. The minimum atomic E-state index is -1.08. The first-order chi connectivity index (χ1) is 17.0. The van der Waals surface area contributed by atoms with E-state index >= 15 is 0 Å². The van der Waals surface area contributed by atoms with Crippen LogP contribution in [0.4, 0.5) is 4.79 Å². The van der Waals surface area contributed by atoms with Gasteiger partial charge in [0.15, 0.2) is 11.9 Å². The van der Waals surface area contributed by atoms with Crippen molar-refractivity contribution in [2.24, 2.45) is 5.92 Å². The molecule has 2 heterocycles. The molecule has 0 aliphatic carbocycles. The lowest BCUT2D eigenvalue weighted by molar-refractivity contribution is -0.143. The molecule has 2 aliphatic heterocycles. The number of aliphatic hydroxyl groups excluding tert-OH is 1. The molecule has 35 heavy (non-hydrogen) atoms. The Morgan fingerprint density at radius 3 is 2.40 bits per heavy atom. The van der Waals surface area contributed by atoms with Crippen molar-refractivity contribution in [2.45, 2.75) is 44.4 Å². The van der Waals surface area contributed by atoms with Gasteiger partial charge in [0.25, 0.3) is 0 Å². The number of imide groups is 1. The number of hydrogen-bond acceptors (Lipinski definition) is 6. The highest BCUT2D eigenvalue weighted by atomic mass is 16.6. The molecule has 0 bridgehead atoms. The van der Waals surface area contributed by atoms with Crippen LogP contribution in [0.15, 0.2) is 84.7 Å². The molecule has 1 fully saturated rings. The van der Waals surface area contributed by atoms with Crippen molar-refractivity contribution in [3.05, 3.63) is 95.8 Å². The Kier molecular flexibility index (Phi) is 7.77. The van der Waals surface area contributed by atoms with Gasteiger partial charge < -0.3 is 14.6 Å². The highest BCUT2D eigenvalue weighted by Crippen LogP contribution is 2.35. The standard InChI is InChI=1S/C28H29NO6/c1-19-25(21-12-6-3-7-13-21)35-28(33)29(19)27(32)23(18-20-10-4-2-5-11-20)26-24(31)16-15-22(34-26)14-8-9-17-30/h2-7,10-16,19,23,25-26,30H,8-9,17-18H2,1H3/t19-,23-,25-,26-/m0/s1. The fraction of sp³-hybridized carbons (Fsp3) is 0.321. The number of carbonyl (C=O) groups excluding carboxylic acids is 3. The van der Waals surface area contributed by atoms with E-state index in [1.165, 1.54) is 6.08 Å². The van der Waals surface area contributed by atoms with Crippen molar-refractivity contribution in [3.8, 4) is 0 Å². The Morgan fingerprint density at radius 1 is 1.03 bits per heavy atom. The number of ketones is 1. The predicted molar refractivity (Wildman–Crippen MR) is 129 cm³/mol. The van der Waals surface area contributed by atoms with Crippen LogP contribution in [0.5, 0.6) is 0 Å². The number of rotatable bonds is 8. The minimum absolute atomic E-state index is 0.0442. The van der Waals surface area contributed by atoms with E-state index in [4.69, 9.17) is 14.6 Å². The number of carbonyl (C=O) groups is 3. The van der Waals surface area contributed by atoms with Crippen molar-refractivity contribution in [1.82, 2.24) is 4.90 Å². The summed E-state index contributed by atoms with van der Waals surface area (Å²) in [5.41, 5.74) is 1.65. The summed E-state index contributed by atoms with van der Waals surface area (Å²) in [6.07, 6.45) is 3.71. The second-order valence-corrected chi connectivity index (χ2v) is 8.71. The molecule has 2 aliphatic rings. The van der Waals surface area contributed by atoms with Gasteiger partial charge in [-0.25, -0.2) is 9.69 Å². The number of ether oxygens (including phenoxy) is 2. The number of cyclic esters (lactones) is 1. The summed E-state index contributed by atoms with van der Waals surface area (Å²) in [5.74, 6) is -1.31. The van der Waals surface area contributed by atoms with Crippen LogP contribution in [-0.2, 0) is 25.5 Å². The highest BCUT2D eigenvalue weighted by molar-refractivity contribution is 6.02. The van der Waals surface area contributed by atoms with Gasteiger partial charge in [-0.2, -0.15) is 0 Å². The van der Waals surface area contributed by atoms with Crippen LogP contribution >= 0.6 is 0 Å². The third-order valence-electron chi connectivity index (χ3n) is 6.28. The molecule has 0 saturated carbocycles. The average molecular weight is 476 g/mol. The number of aliphatic hydroxyl groups is 1. The van der Waals surface area contributed by atoms with Gasteiger partial charge in [0.05, 0.1) is 12.0 Å². The first-order valence-corrected chi connectivity index (χ1v) is 11.8. The van der Waals surface area contributed by atoms with Crippen LogP contribution < -0.4 is 0 Å². The van der Waals surface area contributed by atoms with E-state index in [0.29, 0.717) is 18.6 Å². The van der Waals surface area contributed by atoms with Crippen LogP contribution in [0, 0.1) is 5.92 Å². The number of benzene rings is 2. The summed E-state index contributed by atoms with van der Waals surface area (Å²) in [6, 6.07) is 18.1. The smallest absolute Gasteiger partial charge is 0.417 e. The molecule has 182 valence electrons. The van der Waals surface area contributed by atoms with Gasteiger partial charge in [-0.05, 0) is 55.5 Å². The zero-order valence-electron chi connectivity index (χ0n) is 19.6. The summed E-state index contributed by atoms with van der Waals surface area (Å²) >= 11 is 0. The molecular weight excluding hydrogens is 446 g/mol. The predicted octanol–water partition coefficient (Wildman–Crippen LogP) is 4.13. The molecule has 4 atom stereocenters. The van der Waals surface area contributed by atoms with Gasteiger partial charge in [0.2, 0.25) is 5.91 Å². The van der Waals surface area contributed by atoms with Crippen molar-refractivity contribution in [1.29, 1.82) is 0 Å². The van der Waals surface area contributed by atoms with Crippen LogP contribution in [0.2, 0.25) is 0 Å². The minimum Gasteiger partial charge on any atom is -0.482 e. The van der Waals surface area contributed by atoms with Crippen LogP contribution in [0.25, 0.3) is 0 Å². The van der Waals surface area contributed by atoms with Crippen LogP contribution in [0.1, 0.15) is 37.0 Å². The molecule has 2 amide bonds. The Labute approximate surface area is 204 Å². The fourth-order valence-electron chi connectivity index (χ4n) is 4.45. The number of amides is 2. The van der Waals surface area contributed by atoms with Gasteiger partial charge in [-0.3, -0.25) is 9.59 Å². The van der Waals surface area contributed by atoms with E-state index in [9.17, 15) is 14.4 Å². The van der Waals surface area contributed by atoms with E-state index in [1.54, 1.807) is 19.1 Å². The van der Waals surface area contributed by atoms with E-state index in [-0.39, 0.29) is 18.8 Å². The zero-order chi connectivity index (χ0) is 24.8. The summed E-state index contributed by atoms with van der Waals surface area (Å²) < 4.78 is 11.6. The maximum absolute atomic E-state index is 13.9. The van der Waals surface area contributed by atoms with Crippen molar-refractivity contribution >= 4 is 17.8 Å². The third-order valence-corrected chi connectivity index (χ3v) is 6.28. The number of allylic oxidation sites excluding steroid dienone is 2. The van der Waals surface area contributed by atoms with Gasteiger partial charge >= 0.3 is 6.09 Å². The van der Waals surface area contributed by atoms with Crippen molar-refractivity contribution in [3.63, 3.8) is 0 Å². The molecule has 1 saturated heterocycles. The molecule has 7 nitrogen and oxygen atoms in total. The molecule has 0 radical (unpaired) electrons. The fourth-order valence-corrected chi connectivity index (χ4v) is 4.45. The van der Waals surface area contributed by atoms with Gasteiger partial charge in [-0.15, -0.1) is 0 Å². The Balaban J connectivity index is 1.63. The number of nitrogens with zero attached hydrogens (tertiary/aromatic N) is 1. The lowest BCUT2D eigenvalue weighted by atomic mass is 9.88. The number of unbranched alkanes of at least 4 members (excludes halogenated alkanes) is 1. The maximum Gasteiger partial charge on any atom is 0.417 e. The van der Waals surface area contributed by atoms with Gasteiger partial charge in [0, 0.05) is 6.61 Å². The van der Waals surface area contributed by atoms with E-state index in [2.05, 4.69) is 0 Å². The second-order valence-electron chi connectivity index (χ2n) is 8.71. The average Bonchev–Trinajstić information content (AvgIpc) is 3.18. The lowest BCUT2D eigenvalue weighted by Crippen LogP contribution is -2.48. The van der Waals surface area contributed by atoms with Crippen molar-refractivity contribution in [2.75, 3.05) is 6.61 Å². The van der Waals surface area contributed by atoms with Crippen LogP contribution in [0.3, 0.4) is 0 Å². The first-order valence-electron chi connectivity index (χ1n) is 11.8. The van der Waals surface area contributed by atoms with Crippen molar-refractivity contribution < 1.29 is 29.0 Å². The molecule has 4 rings (SSSR count). The zero-order valence-corrected chi connectivity index (χ0v) is 19.6. The SMILES string of the molecule is C[C@H]1[C@@H](c2ccccc2)OC(=O)N1C(=O)[C@@H](Cc1ccccc1)[C@@H]1OC(=CCCCO)C=CC1=O. The molecule has 2 aromatic rings. The molecule has 0 spiro atoms.